The van der Waals surface area contributed by atoms with Crippen molar-refractivity contribution < 1.29 is 4.74 Å². The summed E-state index contributed by atoms with van der Waals surface area (Å²) in [6, 6.07) is 19.9. The summed E-state index contributed by atoms with van der Waals surface area (Å²) in [6.07, 6.45) is 6.10. The Balaban J connectivity index is 1.70. The van der Waals surface area contributed by atoms with Crippen LogP contribution in [-0.2, 0) is 0 Å². The molecule has 2 aromatic rings. The Morgan fingerprint density at radius 3 is 2.42 bits per heavy atom. The van der Waals surface area contributed by atoms with E-state index in [1.807, 2.05) is 12.1 Å². The van der Waals surface area contributed by atoms with Gasteiger partial charge < -0.3 is 4.74 Å². The first kappa shape index (κ1) is 15.3. The lowest BCUT2D eigenvalue weighted by Crippen LogP contribution is -2.29. The van der Waals surface area contributed by atoms with Gasteiger partial charge in [0.1, 0.15) is 5.75 Å². The molecule has 1 saturated carbocycles. The molecular formula is C21H24N2O. The van der Waals surface area contributed by atoms with E-state index in [-0.39, 0.29) is 0 Å². The van der Waals surface area contributed by atoms with Crippen LogP contribution in [0.5, 0.6) is 5.75 Å². The minimum absolute atomic E-state index is 0.342. The largest absolute Gasteiger partial charge is 0.496 e. The number of methoxy groups -OCH3 is 1. The van der Waals surface area contributed by atoms with Gasteiger partial charge in [-0.15, -0.1) is 0 Å². The van der Waals surface area contributed by atoms with Crippen LogP contribution in [0.15, 0.2) is 59.7 Å². The third-order valence-electron chi connectivity index (χ3n) is 5.24. The van der Waals surface area contributed by atoms with E-state index in [1.54, 1.807) is 7.11 Å². The second kappa shape index (κ2) is 6.68. The Morgan fingerprint density at radius 2 is 1.67 bits per heavy atom. The van der Waals surface area contributed by atoms with Crippen LogP contribution in [0.25, 0.3) is 0 Å². The molecule has 24 heavy (non-hydrogen) atoms. The topological polar surface area (TPSA) is 24.8 Å². The van der Waals surface area contributed by atoms with E-state index in [0.717, 1.165) is 23.4 Å². The molecule has 124 valence electrons. The van der Waals surface area contributed by atoms with E-state index in [9.17, 15) is 0 Å². The van der Waals surface area contributed by atoms with Gasteiger partial charge in [-0.2, -0.15) is 5.10 Å². The molecule has 1 aliphatic heterocycles. The van der Waals surface area contributed by atoms with Crippen LogP contribution in [-0.4, -0.2) is 23.9 Å². The number of para-hydroxylation sites is 1. The van der Waals surface area contributed by atoms with Gasteiger partial charge in [0.05, 0.1) is 18.9 Å². The monoisotopic (exact) mass is 320 g/mol. The molecule has 0 amide bonds. The van der Waals surface area contributed by atoms with Crippen molar-refractivity contribution in [3.63, 3.8) is 0 Å². The molecule has 1 unspecified atom stereocenters. The van der Waals surface area contributed by atoms with Gasteiger partial charge in [-0.3, -0.25) is 5.01 Å². The second-order valence-corrected chi connectivity index (χ2v) is 6.70. The van der Waals surface area contributed by atoms with Crippen molar-refractivity contribution in [2.75, 3.05) is 7.11 Å². The first-order chi connectivity index (χ1) is 11.9. The van der Waals surface area contributed by atoms with Crippen LogP contribution < -0.4 is 4.74 Å². The van der Waals surface area contributed by atoms with Gasteiger partial charge in [0, 0.05) is 18.0 Å². The van der Waals surface area contributed by atoms with Crippen LogP contribution in [0, 0.1) is 0 Å². The molecule has 1 atom stereocenters. The van der Waals surface area contributed by atoms with Crippen molar-refractivity contribution >= 4 is 5.71 Å². The molecule has 0 aromatic heterocycles. The summed E-state index contributed by atoms with van der Waals surface area (Å²) in [7, 11) is 1.73. The van der Waals surface area contributed by atoms with Crippen LogP contribution in [0.1, 0.15) is 49.3 Å². The highest BCUT2D eigenvalue weighted by molar-refractivity contribution is 6.04. The minimum Gasteiger partial charge on any atom is -0.496 e. The van der Waals surface area contributed by atoms with Crippen molar-refractivity contribution in [3.05, 3.63) is 65.7 Å². The molecule has 0 radical (unpaired) electrons. The van der Waals surface area contributed by atoms with Crippen LogP contribution in [0.4, 0.5) is 0 Å². The lowest BCUT2D eigenvalue weighted by Gasteiger charge is -2.29. The number of ether oxygens (including phenoxy) is 1. The molecule has 0 N–H and O–H groups in total. The maximum absolute atomic E-state index is 5.56. The van der Waals surface area contributed by atoms with Crippen molar-refractivity contribution in [3.8, 4) is 5.75 Å². The molecule has 1 aliphatic carbocycles. The molecule has 4 rings (SSSR count). The lowest BCUT2D eigenvalue weighted by atomic mass is 9.97. The average molecular weight is 320 g/mol. The highest BCUT2D eigenvalue weighted by Crippen LogP contribution is 2.39. The normalized spacial score (nSPS) is 21.1. The standard InChI is InChI=1S/C21H24N2O/c1-24-21-14-8-7-13-18(21)19-15-20(16-9-3-2-4-10-16)23(22-19)17-11-5-6-12-17/h2-4,7-10,13-14,17,20H,5-6,11-12,15H2,1H3. The second-order valence-electron chi connectivity index (χ2n) is 6.70. The molecule has 0 saturated heterocycles. The van der Waals surface area contributed by atoms with Crippen molar-refractivity contribution in [2.24, 2.45) is 5.10 Å². The number of nitrogens with zero attached hydrogens (tertiary/aromatic N) is 2. The zero-order valence-electron chi connectivity index (χ0n) is 14.2. The van der Waals surface area contributed by atoms with Gasteiger partial charge in [0.2, 0.25) is 0 Å². The Hall–Kier alpha value is -2.29. The molecule has 2 aromatic carbocycles. The molecule has 2 aliphatic rings. The molecule has 3 heteroatoms. The zero-order valence-corrected chi connectivity index (χ0v) is 14.2. The summed E-state index contributed by atoms with van der Waals surface area (Å²) in [5.74, 6) is 0.913. The van der Waals surface area contributed by atoms with Gasteiger partial charge in [-0.05, 0) is 30.5 Å². The highest BCUT2D eigenvalue weighted by atomic mass is 16.5. The number of hydrazone groups is 1. The fraction of sp³-hybridized carbons (Fsp3) is 0.381. The van der Waals surface area contributed by atoms with E-state index < -0.39 is 0 Å². The Labute approximate surface area is 144 Å². The third kappa shape index (κ3) is 2.79. The van der Waals surface area contributed by atoms with E-state index >= 15 is 0 Å². The molecule has 1 heterocycles. The number of hydrogen-bond acceptors (Lipinski definition) is 3. The summed E-state index contributed by atoms with van der Waals surface area (Å²) in [5, 5.41) is 7.46. The summed E-state index contributed by atoms with van der Waals surface area (Å²) >= 11 is 0. The average Bonchev–Trinajstić information content (AvgIpc) is 3.32. The predicted molar refractivity (Wildman–Crippen MR) is 97.4 cm³/mol. The minimum atomic E-state index is 0.342. The summed E-state index contributed by atoms with van der Waals surface area (Å²) in [4.78, 5) is 0. The molecule has 0 spiro atoms. The first-order valence-electron chi connectivity index (χ1n) is 8.91. The van der Waals surface area contributed by atoms with E-state index in [4.69, 9.17) is 9.84 Å². The molecule has 3 nitrogen and oxygen atoms in total. The molecule has 1 fully saturated rings. The van der Waals surface area contributed by atoms with Crippen LogP contribution >= 0.6 is 0 Å². The summed E-state index contributed by atoms with van der Waals surface area (Å²) in [5.41, 5.74) is 3.63. The van der Waals surface area contributed by atoms with Crippen LogP contribution in [0.2, 0.25) is 0 Å². The van der Waals surface area contributed by atoms with E-state index in [1.165, 1.54) is 31.2 Å². The van der Waals surface area contributed by atoms with E-state index in [2.05, 4.69) is 47.5 Å². The Bertz CT molecular complexity index is 720. The van der Waals surface area contributed by atoms with Crippen molar-refractivity contribution in [2.45, 2.75) is 44.2 Å². The van der Waals surface area contributed by atoms with Gasteiger partial charge in [-0.25, -0.2) is 0 Å². The van der Waals surface area contributed by atoms with Gasteiger partial charge in [0.15, 0.2) is 0 Å². The summed E-state index contributed by atoms with van der Waals surface area (Å²) < 4.78 is 5.56. The Morgan fingerprint density at radius 1 is 0.958 bits per heavy atom. The van der Waals surface area contributed by atoms with Crippen molar-refractivity contribution in [1.82, 2.24) is 5.01 Å². The summed E-state index contributed by atoms with van der Waals surface area (Å²) in [6.45, 7) is 0. The Kier molecular flexibility index (Phi) is 4.24. The van der Waals surface area contributed by atoms with Gasteiger partial charge in [0.25, 0.3) is 0 Å². The SMILES string of the molecule is COc1ccccc1C1=NN(C2CCCC2)C(c2ccccc2)C1. The third-order valence-corrected chi connectivity index (χ3v) is 5.24. The molecule has 0 bridgehead atoms. The maximum atomic E-state index is 5.56. The highest BCUT2D eigenvalue weighted by Gasteiger charge is 2.35. The fourth-order valence-electron chi connectivity index (χ4n) is 4.02. The lowest BCUT2D eigenvalue weighted by molar-refractivity contribution is 0.163. The number of rotatable bonds is 4. The first-order valence-corrected chi connectivity index (χ1v) is 8.91. The van der Waals surface area contributed by atoms with Gasteiger partial charge in [-0.1, -0.05) is 55.3 Å². The van der Waals surface area contributed by atoms with Gasteiger partial charge >= 0.3 is 0 Å². The number of benzene rings is 2. The number of hydrogen-bond donors (Lipinski definition) is 0. The molecular weight excluding hydrogens is 296 g/mol. The smallest absolute Gasteiger partial charge is 0.127 e. The predicted octanol–water partition coefficient (Wildman–Crippen LogP) is 4.79. The quantitative estimate of drug-likeness (QED) is 0.809. The zero-order chi connectivity index (χ0) is 16.4. The van der Waals surface area contributed by atoms with Crippen molar-refractivity contribution in [1.29, 1.82) is 0 Å². The van der Waals surface area contributed by atoms with E-state index in [0.29, 0.717) is 12.1 Å². The fourth-order valence-corrected chi connectivity index (χ4v) is 4.02. The van der Waals surface area contributed by atoms with Crippen LogP contribution in [0.3, 0.4) is 0 Å². The maximum Gasteiger partial charge on any atom is 0.127 e.